The summed E-state index contributed by atoms with van der Waals surface area (Å²) in [4.78, 5) is 41.8. The second kappa shape index (κ2) is 12.2. The van der Waals surface area contributed by atoms with Crippen LogP contribution in [0, 0.1) is 10.1 Å². The first kappa shape index (κ1) is 26.0. The first-order valence-electron chi connectivity index (χ1n) is 11.3. The van der Waals surface area contributed by atoms with Gasteiger partial charge in [0, 0.05) is 23.9 Å². The number of nitrogens with one attached hydrogen (secondary N) is 2. The van der Waals surface area contributed by atoms with Crippen LogP contribution in [0.3, 0.4) is 0 Å². The molecule has 11 heteroatoms. The van der Waals surface area contributed by atoms with E-state index in [0.717, 1.165) is 21.0 Å². The molecule has 0 radical (unpaired) electrons. The minimum atomic E-state index is -0.885. The number of hydrogen-bond acceptors (Lipinski definition) is 8. The molecule has 2 N–H and O–H groups in total. The van der Waals surface area contributed by atoms with E-state index >= 15 is 0 Å². The van der Waals surface area contributed by atoms with Gasteiger partial charge in [0.1, 0.15) is 11.0 Å². The summed E-state index contributed by atoms with van der Waals surface area (Å²) in [5.41, 5.74) is 2.32. The average Bonchev–Trinajstić information content (AvgIpc) is 3.61. The largest absolute Gasteiger partial charge is 0.453 e. The number of nitro benzene ring substituents is 1. The summed E-state index contributed by atoms with van der Waals surface area (Å²) in [6.45, 7) is 0. The summed E-state index contributed by atoms with van der Waals surface area (Å²) in [6, 6.07) is 18.1. The summed E-state index contributed by atoms with van der Waals surface area (Å²) in [7, 11) is 1.24. The molecule has 2 heterocycles. The first-order valence-corrected chi connectivity index (χ1v) is 13.1. The van der Waals surface area contributed by atoms with Crippen molar-refractivity contribution in [3.63, 3.8) is 0 Å². The monoisotopic (exact) mass is 536 g/mol. The van der Waals surface area contributed by atoms with Crippen molar-refractivity contribution >= 4 is 40.4 Å². The lowest BCUT2D eigenvalue weighted by atomic mass is 10.0. The number of amides is 2. The molecular weight excluding hydrogens is 512 g/mol. The molecule has 190 valence electrons. The van der Waals surface area contributed by atoms with E-state index < -0.39 is 29.0 Å². The highest BCUT2D eigenvalue weighted by Crippen LogP contribution is 2.31. The minimum Gasteiger partial charge on any atom is -0.453 e. The summed E-state index contributed by atoms with van der Waals surface area (Å²) in [5.74, 6) is -0.396. The molecule has 0 aliphatic heterocycles. The van der Waals surface area contributed by atoms with Crippen molar-refractivity contribution in [2.75, 3.05) is 7.11 Å². The molecule has 2 atom stereocenters. The average molecular weight is 537 g/mol. The minimum absolute atomic E-state index is 0.0109. The van der Waals surface area contributed by atoms with Crippen LogP contribution >= 0.6 is 22.7 Å². The van der Waals surface area contributed by atoms with E-state index in [1.807, 2.05) is 53.2 Å². The molecule has 2 aromatic heterocycles. The Morgan fingerprint density at radius 3 is 2.35 bits per heavy atom. The second-order valence-electron chi connectivity index (χ2n) is 8.12. The highest BCUT2D eigenvalue weighted by atomic mass is 32.1. The number of nitro groups is 1. The Labute approximate surface area is 221 Å². The number of aromatic nitrogens is 1. The van der Waals surface area contributed by atoms with Gasteiger partial charge in [-0.05, 0) is 29.0 Å². The number of thiazole rings is 1. The van der Waals surface area contributed by atoms with E-state index in [1.54, 1.807) is 23.5 Å². The molecule has 0 saturated heterocycles. The van der Waals surface area contributed by atoms with Crippen LogP contribution < -0.4 is 10.6 Å². The van der Waals surface area contributed by atoms with Crippen LogP contribution in [0.25, 0.3) is 9.88 Å². The fourth-order valence-electron chi connectivity index (χ4n) is 3.71. The maximum atomic E-state index is 13.5. The number of carbonyl (C=O) groups is 2. The molecule has 0 unspecified atom stereocenters. The predicted octanol–water partition coefficient (Wildman–Crippen LogP) is 5.15. The van der Waals surface area contributed by atoms with Crippen molar-refractivity contribution in [1.29, 1.82) is 0 Å². The normalized spacial score (nSPS) is 12.4. The molecule has 0 aliphatic carbocycles. The van der Waals surface area contributed by atoms with E-state index in [-0.39, 0.29) is 12.1 Å². The third-order valence-electron chi connectivity index (χ3n) is 5.59. The van der Waals surface area contributed by atoms with E-state index in [2.05, 4.69) is 10.6 Å². The summed E-state index contributed by atoms with van der Waals surface area (Å²) >= 11 is 3.05. The van der Waals surface area contributed by atoms with Gasteiger partial charge in [-0.1, -0.05) is 48.5 Å². The quantitative estimate of drug-likeness (QED) is 0.213. The van der Waals surface area contributed by atoms with E-state index in [4.69, 9.17) is 9.72 Å². The Hall–Kier alpha value is -4.09. The summed E-state index contributed by atoms with van der Waals surface area (Å²) in [5, 5.41) is 21.4. The van der Waals surface area contributed by atoms with Gasteiger partial charge in [-0.25, -0.2) is 9.78 Å². The second-order valence-corrected chi connectivity index (χ2v) is 9.93. The summed E-state index contributed by atoms with van der Waals surface area (Å²) in [6.07, 6.45) is -0.0893. The number of thiophene rings is 1. The van der Waals surface area contributed by atoms with Gasteiger partial charge >= 0.3 is 6.09 Å². The number of nitrogens with zero attached hydrogens (tertiary/aromatic N) is 2. The van der Waals surface area contributed by atoms with Gasteiger partial charge in [-0.3, -0.25) is 14.9 Å². The topological polar surface area (TPSA) is 123 Å². The molecule has 0 aliphatic rings. The number of alkyl carbamates (subject to hydrolysis) is 1. The van der Waals surface area contributed by atoms with Crippen LogP contribution in [-0.2, 0) is 22.4 Å². The zero-order valence-electron chi connectivity index (χ0n) is 19.8. The van der Waals surface area contributed by atoms with Gasteiger partial charge in [-0.2, -0.15) is 0 Å². The molecule has 9 nitrogen and oxygen atoms in total. The Morgan fingerprint density at radius 2 is 1.70 bits per heavy atom. The Kier molecular flexibility index (Phi) is 8.60. The summed E-state index contributed by atoms with van der Waals surface area (Å²) < 4.78 is 4.73. The lowest BCUT2D eigenvalue weighted by molar-refractivity contribution is -0.384. The van der Waals surface area contributed by atoms with Gasteiger partial charge in [0.05, 0.1) is 28.6 Å². The first-order chi connectivity index (χ1) is 17.9. The van der Waals surface area contributed by atoms with Gasteiger partial charge in [-0.15, -0.1) is 22.7 Å². The van der Waals surface area contributed by atoms with Gasteiger partial charge < -0.3 is 15.4 Å². The zero-order chi connectivity index (χ0) is 26.2. The van der Waals surface area contributed by atoms with Crippen molar-refractivity contribution in [3.05, 3.63) is 104 Å². The van der Waals surface area contributed by atoms with E-state index in [0.29, 0.717) is 12.1 Å². The lowest BCUT2D eigenvalue weighted by Crippen LogP contribution is -2.49. The zero-order valence-corrected chi connectivity index (χ0v) is 21.5. The molecule has 0 saturated carbocycles. The van der Waals surface area contributed by atoms with Crippen molar-refractivity contribution < 1.29 is 19.2 Å². The maximum absolute atomic E-state index is 13.5. The predicted molar refractivity (Wildman–Crippen MR) is 143 cm³/mol. The number of rotatable bonds is 10. The Balaban J connectivity index is 1.60. The van der Waals surface area contributed by atoms with Crippen molar-refractivity contribution in [2.45, 2.75) is 24.9 Å². The molecule has 37 heavy (non-hydrogen) atoms. The van der Waals surface area contributed by atoms with Crippen LogP contribution in [0.4, 0.5) is 10.5 Å². The van der Waals surface area contributed by atoms with Crippen LogP contribution in [0.1, 0.15) is 22.9 Å². The van der Waals surface area contributed by atoms with Crippen molar-refractivity contribution in [1.82, 2.24) is 15.6 Å². The van der Waals surface area contributed by atoms with E-state index in [9.17, 15) is 19.7 Å². The van der Waals surface area contributed by atoms with Gasteiger partial charge in [0.15, 0.2) is 0 Å². The molecule has 0 fully saturated rings. The van der Waals surface area contributed by atoms with Gasteiger partial charge in [0.2, 0.25) is 5.91 Å². The highest BCUT2D eigenvalue weighted by molar-refractivity contribution is 7.20. The number of non-ortho nitro benzene ring substituents is 1. The SMILES string of the molecule is COC(=O)N[C@H](Cc1ccccc1)C(=O)N[C@H](Cc1ccc([N+](=O)[O-])cc1)c1csc(-c2cccs2)n1. The molecule has 2 aromatic carbocycles. The van der Waals surface area contributed by atoms with E-state index in [1.165, 1.54) is 30.6 Å². The Bertz CT molecular complexity index is 1340. The third kappa shape index (κ3) is 6.99. The van der Waals surface area contributed by atoms with Crippen molar-refractivity contribution in [2.24, 2.45) is 0 Å². The smallest absolute Gasteiger partial charge is 0.407 e. The van der Waals surface area contributed by atoms with Crippen molar-refractivity contribution in [3.8, 4) is 9.88 Å². The number of carbonyl (C=O) groups excluding carboxylic acids is 2. The lowest BCUT2D eigenvalue weighted by Gasteiger charge is -2.22. The molecular formula is C26H24N4O5S2. The van der Waals surface area contributed by atoms with Crippen LogP contribution in [0.5, 0.6) is 0 Å². The van der Waals surface area contributed by atoms with Gasteiger partial charge in [0.25, 0.3) is 5.69 Å². The highest BCUT2D eigenvalue weighted by Gasteiger charge is 2.26. The number of benzene rings is 2. The fourth-order valence-corrected chi connectivity index (χ4v) is 5.40. The number of ether oxygens (including phenoxy) is 1. The van der Waals surface area contributed by atoms with Crippen LogP contribution in [0.15, 0.2) is 77.5 Å². The molecule has 2 amide bonds. The van der Waals surface area contributed by atoms with Crippen LogP contribution in [-0.4, -0.2) is 35.1 Å². The number of hydrogen-bond donors (Lipinski definition) is 2. The molecule has 0 bridgehead atoms. The maximum Gasteiger partial charge on any atom is 0.407 e. The fraction of sp³-hybridized carbons (Fsp3) is 0.192. The Morgan fingerprint density at radius 1 is 0.973 bits per heavy atom. The molecule has 4 rings (SSSR count). The molecule has 4 aromatic rings. The third-order valence-corrected chi connectivity index (χ3v) is 7.49. The number of methoxy groups -OCH3 is 1. The molecule has 0 spiro atoms. The van der Waals surface area contributed by atoms with Crippen LogP contribution in [0.2, 0.25) is 0 Å². The standard InChI is InChI=1S/C26H24N4O5S2/c1-35-26(32)29-21(15-17-6-3-2-4-7-17)24(31)27-20(14-18-9-11-19(12-10-18)30(33)34)22-16-37-25(28-22)23-8-5-13-36-23/h2-13,16,20-21H,14-15H2,1H3,(H,27,31)(H,29,32)/t20-,21-/m1/s1.